The Hall–Kier alpha value is -2.65. The molecule has 1 heterocycles. The van der Waals surface area contributed by atoms with E-state index >= 15 is 0 Å². The second-order valence-corrected chi connectivity index (χ2v) is 8.34. The average Bonchev–Trinajstić information content (AvgIpc) is 2.75. The van der Waals surface area contributed by atoms with Crippen LogP contribution in [-0.4, -0.2) is 27.2 Å². The summed E-state index contributed by atoms with van der Waals surface area (Å²) in [6.07, 6.45) is -2.85. The summed E-state index contributed by atoms with van der Waals surface area (Å²) in [4.78, 5) is 8.33. The van der Waals surface area contributed by atoms with Gasteiger partial charge in [0.25, 0.3) is 0 Å². The van der Waals surface area contributed by atoms with Crippen molar-refractivity contribution in [1.29, 1.82) is 0 Å². The molecule has 2 N–H and O–H groups in total. The Morgan fingerprint density at radius 1 is 0.938 bits per heavy atom. The monoisotopic (exact) mass is 463 g/mol. The molecule has 1 aliphatic carbocycles. The quantitative estimate of drug-likeness (QED) is 0.330. The molecular weight excluding hydrogens is 442 g/mol. The van der Waals surface area contributed by atoms with Crippen LogP contribution in [-0.2, 0) is 6.18 Å². The SMILES string of the molecule is OC1CCC(Nc2nc(C(F)(F)F)nc(-c3ccc(F)cc3)c2-c2cccc(S)c2)CC1. The van der Waals surface area contributed by atoms with Crippen LogP contribution in [0.2, 0.25) is 0 Å². The molecule has 0 bridgehead atoms. The van der Waals surface area contributed by atoms with E-state index in [1.165, 1.54) is 24.3 Å². The van der Waals surface area contributed by atoms with E-state index in [1.807, 2.05) is 0 Å². The second-order valence-electron chi connectivity index (χ2n) is 7.82. The summed E-state index contributed by atoms with van der Waals surface area (Å²) in [6, 6.07) is 12.0. The number of benzene rings is 2. The number of nitrogens with one attached hydrogen (secondary N) is 1. The average molecular weight is 464 g/mol. The fourth-order valence-electron chi connectivity index (χ4n) is 3.86. The molecule has 4 nitrogen and oxygen atoms in total. The number of hydrogen-bond donors (Lipinski definition) is 3. The third-order valence-electron chi connectivity index (χ3n) is 5.45. The van der Waals surface area contributed by atoms with Crippen LogP contribution in [0.3, 0.4) is 0 Å². The number of rotatable bonds is 4. The zero-order valence-electron chi connectivity index (χ0n) is 16.9. The summed E-state index contributed by atoms with van der Waals surface area (Å²) in [6.45, 7) is 0. The number of aromatic nitrogens is 2. The van der Waals surface area contributed by atoms with E-state index in [0.29, 0.717) is 47.3 Å². The third kappa shape index (κ3) is 5.05. The first-order valence-electron chi connectivity index (χ1n) is 10.2. The molecule has 1 fully saturated rings. The van der Waals surface area contributed by atoms with Crippen LogP contribution < -0.4 is 5.32 Å². The van der Waals surface area contributed by atoms with E-state index in [9.17, 15) is 22.7 Å². The maximum Gasteiger partial charge on any atom is 0.451 e. The summed E-state index contributed by atoms with van der Waals surface area (Å²) >= 11 is 4.36. The fraction of sp³-hybridized carbons (Fsp3) is 0.304. The molecule has 1 saturated carbocycles. The highest BCUT2D eigenvalue weighted by Gasteiger charge is 2.37. The Morgan fingerprint density at radius 2 is 1.62 bits per heavy atom. The fourth-order valence-corrected chi connectivity index (χ4v) is 4.08. The van der Waals surface area contributed by atoms with Gasteiger partial charge in [0.15, 0.2) is 0 Å². The van der Waals surface area contributed by atoms with Crippen molar-refractivity contribution in [3.8, 4) is 22.4 Å². The predicted octanol–water partition coefficient (Wildman–Crippen LogP) is 5.97. The van der Waals surface area contributed by atoms with Crippen molar-refractivity contribution in [2.45, 2.75) is 48.9 Å². The summed E-state index contributed by atoms with van der Waals surface area (Å²) in [7, 11) is 0. The molecule has 0 spiro atoms. The van der Waals surface area contributed by atoms with Crippen molar-refractivity contribution in [2.75, 3.05) is 5.32 Å². The second kappa shape index (κ2) is 9.07. The van der Waals surface area contributed by atoms with Gasteiger partial charge in [0, 0.05) is 16.5 Å². The standard InChI is InChI=1S/C23H21F4N3OS/c24-15-6-4-13(5-7-15)20-19(14-2-1-3-18(32)12-14)21(30-22(29-20)23(25,26)27)28-16-8-10-17(31)11-9-16/h1-7,12,16-17,31-32H,8-11H2,(H,28,29,30). The number of thiol groups is 1. The summed E-state index contributed by atoms with van der Waals surface area (Å²) in [5, 5.41) is 12.9. The van der Waals surface area contributed by atoms with E-state index in [4.69, 9.17) is 0 Å². The minimum atomic E-state index is -4.77. The van der Waals surface area contributed by atoms with Crippen molar-refractivity contribution < 1.29 is 22.7 Å². The van der Waals surface area contributed by atoms with Crippen molar-refractivity contribution in [3.05, 3.63) is 60.2 Å². The van der Waals surface area contributed by atoms with Crippen LogP contribution >= 0.6 is 12.6 Å². The van der Waals surface area contributed by atoms with Crippen LogP contribution in [0.25, 0.3) is 22.4 Å². The topological polar surface area (TPSA) is 58.0 Å². The Balaban J connectivity index is 1.92. The number of anilines is 1. The molecule has 9 heteroatoms. The lowest BCUT2D eigenvalue weighted by Gasteiger charge is -2.28. The molecular formula is C23H21F4N3OS. The maximum absolute atomic E-state index is 13.7. The van der Waals surface area contributed by atoms with Crippen LogP contribution in [0, 0.1) is 5.82 Å². The first kappa shape index (κ1) is 22.5. The number of hydrogen-bond acceptors (Lipinski definition) is 5. The highest BCUT2D eigenvalue weighted by Crippen LogP contribution is 2.40. The van der Waals surface area contributed by atoms with Gasteiger partial charge in [-0.25, -0.2) is 14.4 Å². The molecule has 0 saturated heterocycles. The first-order chi connectivity index (χ1) is 15.2. The van der Waals surface area contributed by atoms with Gasteiger partial charge in [-0.3, -0.25) is 0 Å². The molecule has 3 aromatic rings. The number of aliphatic hydroxyl groups is 1. The molecule has 168 valence electrons. The molecule has 1 aliphatic rings. The molecule has 1 aromatic heterocycles. The zero-order valence-corrected chi connectivity index (χ0v) is 17.8. The molecule has 0 amide bonds. The number of alkyl halides is 3. The van der Waals surface area contributed by atoms with Crippen molar-refractivity contribution in [3.63, 3.8) is 0 Å². The number of aliphatic hydroxyl groups excluding tert-OH is 1. The zero-order chi connectivity index (χ0) is 22.9. The summed E-state index contributed by atoms with van der Waals surface area (Å²) < 4.78 is 54.6. The van der Waals surface area contributed by atoms with Crippen LogP contribution in [0.15, 0.2) is 53.4 Å². The van der Waals surface area contributed by atoms with Crippen LogP contribution in [0.5, 0.6) is 0 Å². The van der Waals surface area contributed by atoms with Crippen molar-refractivity contribution >= 4 is 18.4 Å². The normalized spacial score (nSPS) is 19.1. The Bertz CT molecular complexity index is 1100. The van der Waals surface area contributed by atoms with Gasteiger partial charge in [-0.2, -0.15) is 13.2 Å². The number of nitrogens with zero attached hydrogens (tertiary/aromatic N) is 2. The van der Waals surface area contributed by atoms with Gasteiger partial charge in [-0.1, -0.05) is 12.1 Å². The smallest absolute Gasteiger partial charge is 0.393 e. The van der Waals surface area contributed by atoms with Gasteiger partial charge >= 0.3 is 6.18 Å². The van der Waals surface area contributed by atoms with Gasteiger partial charge in [-0.15, -0.1) is 12.6 Å². The largest absolute Gasteiger partial charge is 0.451 e. The summed E-state index contributed by atoms with van der Waals surface area (Å²) in [5.41, 5.74) is 1.35. The minimum absolute atomic E-state index is 0.0459. The lowest BCUT2D eigenvalue weighted by Crippen LogP contribution is -2.29. The van der Waals surface area contributed by atoms with Crippen LogP contribution in [0.1, 0.15) is 31.5 Å². The van der Waals surface area contributed by atoms with Gasteiger partial charge in [0.1, 0.15) is 11.6 Å². The van der Waals surface area contributed by atoms with Gasteiger partial charge in [0.05, 0.1) is 17.4 Å². The van der Waals surface area contributed by atoms with E-state index in [1.54, 1.807) is 24.3 Å². The van der Waals surface area contributed by atoms with Crippen LogP contribution in [0.4, 0.5) is 23.4 Å². The van der Waals surface area contributed by atoms with Gasteiger partial charge in [-0.05, 0) is 67.6 Å². The van der Waals surface area contributed by atoms with Crippen molar-refractivity contribution in [2.24, 2.45) is 0 Å². The van der Waals surface area contributed by atoms with E-state index in [2.05, 4.69) is 27.9 Å². The maximum atomic E-state index is 13.7. The molecule has 0 aliphatic heterocycles. The van der Waals surface area contributed by atoms with Gasteiger partial charge in [0.2, 0.25) is 5.82 Å². The highest BCUT2D eigenvalue weighted by atomic mass is 32.1. The van der Waals surface area contributed by atoms with Crippen molar-refractivity contribution in [1.82, 2.24) is 9.97 Å². The van der Waals surface area contributed by atoms with E-state index in [0.717, 1.165) is 0 Å². The van der Waals surface area contributed by atoms with E-state index < -0.39 is 23.9 Å². The lowest BCUT2D eigenvalue weighted by molar-refractivity contribution is -0.144. The summed E-state index contributed by atoms with van der Waals surface area (Å²) in [5.74, 6) is -1.73. The Labute approximate surface area is 188 Å². The van der Waals surface area contributed by atoms with Gasteiger partial charge < -0.3 is 10.4 Å². The molecule has 0 unspecified atom stereocenters. The third-order valence-corrected chi connectivity index (χ3v) is 5.73. The molecule has 32 heavy (non-hydrogen) atoms. The lowest BCUT2D eigenvalue weighted by atomic mass is 9.92. The molecule has 2 aromatic carbocycles. The molecule has 4 rings (SSSR count). The highest BCUT2D eigenvalue weighted by molar-refractivity contribution is 7.80. The minimum Gasteiger partial charge on any atom is -0.393 e. The molecule has 0 atom stereocenters. The van der Waals surface area contributed by atoms with E-state index in [-0.39, 0.29) is 17.6 Å². The Morgan fingerprint density at radius 3 is 2.25 bits per heavy atom. The number of halogens is 4. The molecule has 0 radical (unpaired) electrons. The Kier molecular flexibility index (Phi) is 6.39. The first-order valence-corrected chi connectivity index (χ1v) is 10.6. The predicted molar refractivity (Wildman–Crippen MR) is 117 cm³/mol.